The summed E-state index contributed by atoms with van der Waals surface area (Å²) < 4.78 is 5.24. The maximum atomic E-state index is 11.0. The number of hydrazine groups is 2. The first-order valence-corrected chi connectivity index (χ1v) is 6.67. The lowest BCUT2D eigenvalue weighted by Gasteiger charge is -2.03. The van der Waals surface area contributed by atoms with Crippen molar-refractivity contribution in [3.8, 4) is 22.8 Å². The molecule has 0 aliphatic carbocycles. The first-order valence-electron chi connectivity index (χ1n) is 6.67. The van der Waals surface area contributed by atoms with E-state index in [2.05, 4.69) is 21.1 Å². The van der Waals surface area contributed by atoms with Crippen LogP contribution in [0.1, 0.15) is 10.4 Å². The number of benzene rings is 2. The molecule has 8 nitrogen and oxygen atoms in total. The lowest BCUT2D eigenvalue weighted by Crippen LogP contribution is -2.28. The minimum absolute atomic E-state index is 0.165. The second-order valence-electron chi connectivity index (χ2n) is 4.66. The number of hydrogen-bond acceptors (Lipinski definition) is 7. The standard InChI is InChI=1S/C15H13N5O3/c16-20-18-12-6-4-9(5-7-12)14-17-13(19-23-14)10-2-1-3-11(8-10)15(21)22/h1-8,18,20H,16H2,(H,21,22). The summed E-state index contributed by atoms with van der Waals surface area (Å²) in [5, 5.41) is 12.9. The van der Waals surface area contributed by atoms with Crippen molar-refractivity contribution in [2.75, 3.05) is 5.43 Å². The van der Waals surface area contributed by atoms with Gasteiger partial charge in [0, 0.05) is 11.1 Å². The first kappa shape index (κ1) is 14.7. The molecular formula is C15H13N5O3. The fourth-order valence-electron chi connectivity index (χ4n) is 2.03. The van der Waals surface area contributed by atoms with Crippen molar-refractivity contribution in [2.45, 2.75) is 0 Å². The van der Waals surface area contributed by atoms with Gasteiger partial charge in [0.1, 0.15) is 0 Å². The Hall–Kier alpha value is -3.23. The average Bonchev–Trinajstić information content (AvgIpc) is 3.06. The smallest absolute Gasteiger partial charge is 0.335 e. The monoisotopic (exact) mass is 311 g/mol. The fraction of sp³-hybridized carbons (Fsp3) is 0. The average molecular weight is 311 g/mol. The van der Waals surface area contributed by atoms with Gasteiger partial charge < -0.3 is 15.1 Å². The molecule has 2 aromatic carbocycles. The van der Waals surface area contributed by atoms with Crippen LogP contribution in [-0.4, -0.2) is 21.2 Å². The second kappa shape index (κ2) is 6.26. The molecule has 5 N–H and O–H groups in total. The Morgan fingerprint density at radius 3 is 2.61 bits per heavy atom. The quantitative estimate of drug-likeness (QED) is 0.415. The van der Waals surface area contributed by atoms with E-state index in [1.807, 2.05) is 0 Å². The van der Waals surface area contributed by atoms with Crippen LogP contribution in [0.5, 0.6) is 0 Å². The van der Waals surface area contributed by atoms with Crippen LogP contribution in [0.2, 0.25) is 0 Å². The van der Waals surface area contributed by atoms with E-state index < -0.39 is 5.97 Å². The van der Waals surface area contributed by atoms with E-state index in [9.17, 15) is 4.79 Å². The Balaban J connectivity index is 1.88. The Morgan fingerprint density at radius 1 is 1.13 bits per heavy atom. The van der Waals surface area contributed by atoms with Crippen LogP contribution < -0.4 is 16.8 Å². The van der Waals surface area contributed by atoms with Gasteiger partial charge in [0.15, 0.2) is 0 Å². The van der Waals surface area contributed by atoms with Crippen molar-refractivity contribution in [3.05, 3.63) is 54.1 Å². The zero-order valence-electron chi connectivity index (χ0n) is 11.9. The van der Waals surface area contributed by atoms with Crippen LogP contribution in [0.4, 0.5) is 5.69 Å². The third-order valence-corrected chi connectivity index (χ3v) is 3.14. The van der Waals surface area contributed by atoms with Crippen molar-refractivity contribution < 1.29 is 14.4 Å². The first-order chi connectivity index (χ1) is 11.2. The van der Waals surface area contributed by atoms with E-state index >= 15 is 0 Å². The van der Waals surface area contributed by atoms with Crippen LogP contribution in [0.25, 0.3) is 22.8 Å². The molecule has 0 aliphatic rings. The highest BCUT2D eigenvalue weighted by atomic mass is 16.5. The number of aromatic carboxylic acids is 1. The summed E-state index contributed by atoms with van der Waals surface area (Å²) >= 11 is 0. The van der Waals surface area contributed by atoms with Gasteiger partial charge in [-0.3, -0.25) is 5.84 Å². The summed E-state index contributed by atoms with van der Waals surface area (Å²) in [5.41, 5.74) is 7.33. The number of nitrogens with two attached hydrogens (primary N) is 1. The Morgan fingerprint density at radius 2 is 1.91 bits per heavy atom. The van der Waals surface area contributed by atoms with Crippen molar-refractivity contribution in [1.29, 1.82) is 0 Å². The number of carboxylic acids is 1. The highest BCUT2D eigenvalue weighted by molar-refractivity contribution is 5.89. The number of rotatable bonds is 5. The van der Waals surface area contributed by atoms with Gasteiger partial charge in [0.05, 0.1) is 11.3 Å². The van der Waals surface area contributed by atoms with Gasteiger partial charge in [-0.05, 0) is 36.4 Å². The minimum Gasteiger partial charge on any atom is -0.478 e. The van der Waals surface area contributed by atoms with Crippen LogP contribution in [0, 0.1) is 0 Å². The molecule has 0 aliphatic heterocycles. The number of hydrogen-bond donors (Lipinski definition) is 4. The van der Waals surface area contributed by atoms with Crippen molar-refractivity contribution in [3.63, 3.8) is 0 Å². The van der Waals surface area contributed by atoms with Crippen molar-refractivity contribution >= 4 is 11.7 Å². The van der Waals surface area contributed by atoms with Gasteiger partial charge in [-0.2, -0.15) is 10.5 Å². The predicted octanol–water partition coefficient (Wildman–Crippen LogP) is 1.89. The van der Waals surface area contributed by atoms with E-state index in [1.165, 1.54) is 12.1 Å². The van der Waals surface area contributed by atoms with Gasteiger partial charge in [0.2, 0.25) is 5.82 Å². The maximum absolute atomic E-state index is 11.0. The maximum Gasteiger partial charge on any atom is 0.335 e. The van der Waals surface area contributed by atoms with Crippen LogP contribution >= 0.6 is 0 Å². The van der Waals surface area contributed by atoms with Gasteiger partial charge in [-0.15, -0.1) is 0 Å². The summed E-state index contributed by atoms with van der Waals surface area (Å²) in [7, 11) is 0. The molecule has 23 heavy (non-hydrogen) atoms. The van der Waals surface area contributed by atoms with Crippen LogP contribution in [-0.2, 0) is 0 Å². The highest BCUT2D eigenvalue weighted by Gasteiger charge is 2.12. The minimum atomic E-state index is -1.01. The predicted molar refractivity (Wildman–Crippen MR) is 83.1 cm³/mol. The fourth-order valence-corrected chi connectivity index (χ4v) is 2.03. The zero-order chi connectivity index (χ0) is 16.2. The molecule has 0 spiro atoms. The number of anilines is 1. The van der Waals surface area contributed by atoms with Gasteiger partial charge in [-0.25, -0.2) is 4.79 Å². The summed E-state index contributed by atoms with van der Waals surface area (Å²) in [6, 6.07) is 13.5. The third-order valence-electron chi connectivity index (χ3n) is 3.14. The molecule has 0 atom stereocenters. The van der Waals surface area contributed by atoms with E-state index in [0.29, 0.717) is 17.3 Å². The molecule has 0 amide bonds. The Labute approximate surface area is 130 Å². The van der Waals surface area contributed by atoms with Crippen LogP contribution in [0.15, 0.2) is 53.1 Å². The molecular weight excluding hydrogens is 298 g/mol. The normalized spacial score (nSPS) is 10.5. The van der Waals surface area contributed by atoms with Gasteiger partial charge >= 0.3 is 5.97 Å². The summed E-state index contributed by atoms with van der Waals surface area (Å²) in [5.74, 6) is 4.83. The van der Waals surface area contributed by atoms with Crippen molar-refractivity contribution in [1.82, 2.24) is 15.7 Å². The van der Waals surface area contributed by atoms with E-state index in [0.717, 1.165) is 11.3 Å². The lowest BCUT2D eigenvalue weighted by molar-refractivity contribution is 0.0697. The lowest BCUT2D eigenvalue weighted by atomic mass is 10.1. The second-order valence-corrected chi connectivity index (χ2v) is 4.66. The molecule has 0 radical (unpaired) electrons. The van der Waals surface area contributed by atoms with E-state index in [-0.39, 0.29) is 5.56 Å². The summed E-state index contributed by atoms with van der Waals surface area (Å²) in [6.45, 7) is 0. The number of nitrogens with one attached hydrogen (secondary N) is 2. The molecule has 0 fully saturated rings. The molecule has 0 bridgehead atoms. The van der Waals surface area contributed by atoms with Gasteiger partial charge in [0.25, 0.3) is 5.89 Å². The molecule has 3 rings (SSSR count). The molecule has 1 heterocycles. The SMILES string of the molecule is NNNc1ccc(-c2nc(-c3cccc(C(=O)O)c3)no2)cc1. The third kappa shape index (κ3) is 3.18. The Kier molecular flexibility index (Phi) is 4.00. The zero-order valence-corrected chi connectivity index (χ0v) is 11.9. The largest absolute Gasteiger partial charge is 0.478 e. The molecule has 0 saturated carbocycles. The number of carbonyl (C=O) groups is 1. The molecule has 0 saturated heterocycles. The van der Waals surface area contributed by atoms with Crippen LogP contribution in [0.3, 0.4) is 0 Å². The molecule has 116 valence electrons. The molecule has 0 unspecified atom stereocenters. The number of aromatic nitrogens is 2. The topological polar surface area (TPSA) is 126 Å². The number of carboxylic acid groups (broad SMARTS) is 1. The summed E-state index contributed by atoms with van der Waals surface area (Å²) in [6.07, 6.45) is 0. The van der Waals surface area contributed by atoms with E-state index in [1.54, 1.807) is 36.4 Å². The van der Waals surface area contributed by atoms with Crippen molar-refractivity contribution in [2.24, 2.45) is 5.84 Å². The number of nitrogens with zero attached hydrogens (tertiary/aromatic N) is 2. The molecule has 3 aromatic rings. The summed E-state index contributed by atoms with van der Waals surface area (Å²) in [4.78, 5) is 15.3. The Bertz CT molecular complexity index is 829. The molecule has 8 heteroatoms. The molecule has 1 aromatic heterocycles. The highest BCUT2D eigenvalue weighted by Crippen LogP contribution is 2.23. The van der Waals surface area contributed by atoms with Gasteiger partial charge in [-0.1, -0.05) is 17.3 Å². The van der Waals surface area contributed by atoms with E-state index in [4.69, 9.17) is 15.5 Å².